The Balaban J connectivity index is 3.13. The van der Waals surface area contributed by atoms with Crippen LogP contribution in [0.2, 0.25) is 0 Å². The molecule has 0 radical (unpaired) electrons. The average Bonchev–Trinajstić information content (AvgIpc) is 2.15. The molecule has 0 atom stereocenters. The van der Waals surface area contributed by atoms with Crippen LogP contribution in [0.5, 0.6) is 0 Å². The fourth-order valence-corrected chi connectivity index (χ4v) is 1.32. The van der Waals surface area contributed by atoms with Gasteiger partial charge < -0.3 is 4.74 Å². The largest absolute Gasteiger partial charge is 0.465 e. The zero-order chi connectivity index (χ0) is 10.7. The van der Waals surface area contributed by atoms with E-state index < -0.39 is 18.1 Å². The van der Waals surface area contributed by atoms with Gasteiger partial charge in [0, 0.05) is 0 Å². The first kappa shape index (κ1) is 11.0. The van der Waals surface area contributed by atoms with Gasteiger partial charge in [0.1, 0.15) is 10.3 Å². The Bertz CT molecular complexity index is 357. The summed E-state index contributed by atoms with van der Waals surface area (Å²) in [5, 5.41) is 0. The smallest absolute Gasteiger partial charge is 0.338 e. The second-order valence-electron chi connectivity index (χ2n) is 2.40. The quantitative estimate of drug-likeness (QED) is 0.610. The molecule has 0 saturated heterocycles. The van der Waals surface area contributed by atoms with Crippen molar-refractivity contribution in [3.8, 4) is 0 Å². The summed E-state index contributed by atoms with van der Waals surface area (Å²) < 4.78 is 29.1. The molecule has 0 amide bonds. The molecule has 76 valence electrons. The van der Waals surface area contributed by atoms with E-state index in [2.05, 4.69) is 25.7 Å². The fraction of sp³-hybridized carbons (Fsp3) is 0.250. The highest BCUT2D eigenvalue weighted by Gasteiger charge is 2.14. The van der Waals surface area contributed by atoms with Crippen molar-refractivity contribution in [1.29, 1.82) is 0 Å². The van der Waals surface area contributed by atoms with Gasteiger partial charge in [0.2, 0.25) is 0 Å². The van der Waals surface area contributed by atoms with E-state index in [0.717, 1.165) is 6.07 Å². The highest BCUT2D eigenvalue weighted by Crippen LogP contribution is 2.21. The van der Waals surface area contributed by atoms with Crippen LogP contribution in [-0.4, -0.2) is 18.1 Å². The lowest BCUT2D eigenvalue weighted by Crippen LogP contribution is -2.03. The highest BCUT2D eigenvalue weighted by atomic mass is 79.9. The van der Waals surface area contributed by atoms with Gasteiger partial charge in [0.05, 0.1) is 12.7 Å². The van der Waals surface area contributed by atoms with Crippen LogP contribution in [0, 0.1) is 0 Å². The number of alkyl halides is 2. The molecule has 0 fully saturated rings. The lowest BCUT2D eigenvalue weighted by molar-refractivity contribution is 0.0600. The molecular formula is C8H6BrF2NO2. The van der Waals surface area contributed by atoms with E-state index in [0.29, 0.717) is 0 Å². The number of carbonyl (C=O) groups excluding carboxylic acids is 1. The number of hydrogen-bond acceptors (Lipinski definition) is 3. The number of methoxy groups -OCH3 is 1. The van der Waals surface area contributed by atoms with Crippen LogP contribution >= 0.6 is 15.9 Å². The highest BCUT2D eigenvalue weighted by molar-refractivity contribution is 9.10. The first-order valence-corrected chi connectivity index (χ1v) is 4.38. The molecule has 0 N–H and O–H groups in total. The van der Waals surface area contributed by atoms with Crippen molar-refractivity contribution in [3.05, 3.63) is 28.0 Å². The van der Waals surface area contributed by atoms with Gasteiger partial charge in [-0.2, -0.15) is 0 Å². The minimum Gasteiger partial charge on any atom is -0.465 e. The Hall–Kier alpha value is -1.04. The number of nitrogens with zero attached hydrogens (tertiary/aromatic N) is 1. The topological polar surface area (TPSA) is 39.2 Å². The normalized spacial score (nSPS) is 10.4. The van der Waals surface area contributed by atoms with Crippen molar-refractivity contribution in [2.24, 2.45) is 0 Å². The molecule has 0 unspecified atom stereocenters. The molecule has 0 saturated carbocycles. The van der Waals surface area contributed by atoms with E-state index in [1.807, 2.05) is 0 Å². The van der Waals surface area contributed by atoms with Gasteiger partial charge in [-0.05, 0) is 28.1 Å². The average molecular weight is 266 g/mol. The van der Waals surface area contributed by atoms with Gasteiger partial charge in [0.15, 0.2) is 0 Å². The standard InChI is InChI=1S/C8H6BrF2NO2/c1-14-8(13)4-2-5(7(10)11)12-6(9)3-4/h2-3,7H,1H3. The third-order valence-corrected chi connectivity index (χ3v) is 1.86. The van der Waals surface area contributed by atoms with Gasteiger partial charge in [0.25, 0.3) is 6.43 Å². The SMILES string of the molecule is COC(=O)c1cc(Br)nc(C(F)F)c1. The van der Waals surface area contributed by atoms with Gasteiger partial charge in [-0.1, -0.05) is 0 Å². The first-order valence-electron chi connectivity index (χ1n) is 3.58. The van der Waals surface area contributed by atoms with E-state index in [1.54, 1.807) is 0 Å². The number of rotatable bonds is 2. The summed E-state index contributed by atoms with van der Waals surface area (Å²) in [5.74, 6) is -0.671. The number of pyridine rings is 1. The van der Waals surface area contributed by atoms with Crippen LogP contribution in [0.25, 0.3) is 0 Å². The van der Waals surface area contributed by atoms with Crippen LogP contribution in [0.3, 0.4) is 0 Å². The fourth-order valence-electron chi connectivity index (χ4n) is 0.865. The van der Waals surface area contributed by atoms with Crippen molar-refractivity contribution in [2.45, 2.75) is 6.43 Å². The molecule has 0 aliphatic heterocycles. The monoisotopic (exact) mass is 265 g/mol. The van der Waals surface area contributed by atoms with Gasteiger partial charge in [-0.25, -0.2) is 18.6 Å². The molecule has 6 heteroatoms. The first-order chi connectivity index (χ1) is 6.54. The predicted octanol–water partition coefficient (Wildman–Crippen LogP) is 2.57. The third kappa shape index (κ3) is 2.47. The maximum absolute atomic E-state index is 12.3. The third-order valence-electron chi connectivity index (χ3n) is 1.46. The molecule has 0 bridgehead atoms. The van der Waals surface area contributed by atoms with Crippen LogP contribution in [0.4, 0.5) is 8.78 Å². The van der Waals surface area contributed by atoms with E-state index in [9.17, 15) is 13.6 Å². The molecule has 1 rings (SSSR count). The van der Waals surface area contributed by atoms with Crippen LogP contribution < -0.4 is 0 Å². The molecule has 0 aromatic carbocycles. The van der Waals surface area contributed by atoms with Crippen LogP contribution in [0.15, 0.2) is 16.7 Å². The molecule has 1 heterocycles. The number of ether oxygens (including phenoxy) is 1. The summed E-state index contributed by atoms with van der Waals surface area (Å²) in [6.45, 7) is 0. The number of carbonyl (C=O) groups is 1. The molecule has 0 aliphatic rings. The van der Waals surface area contributed by atoms with E-state index in [1.165, 1.54) is 13.2 Å². The lowest BCUT2D eigenvalue weighted by Gasteiger charge is -2.03. The Morgan fingerprint density at radius 2 is 2.21 bits per heavy atom. The van der Waals surface area contributed by atoms with Crippen molar-refractivity contribution in [3.63, 3.8) is 0 Å². The Labute approximate surface area is 87.2 Å². The lowest BCUT2D eigenvalue weighted by atomic mass is 10.2. The minimum atomic E-state index is -2.71. The molecule has 1 aromatic heterocycles. The van der Waals surface area contributed by atoms with Gasteiger partial charge >= 0.3 is 5.97 Å². The van der Waals surface area contributed by atoms with Gasteiger partial charge in [-0.3, -0.25) is 0 Å². The van der Waals surface area contributed by atoms with Crippen molar-refractivity contribution < 1.29 is 18.3 Å². The second kappa shape index (κ2) is 4.45. The molecule has 14 heavy (non-hydrogen) atoms. The molecule has 3 nitrogen and oxygen atoms in total. The van der Waals surface area contributed by atoms with E-state index in [4.69, 9.17) is 0 Å². The Kier molecular flexibility index (Phi) is 3.51. The minimum absolute atomic E-state index is 0.0460. The maximum Gasteiger partial charge on any atom is 0.338 e. The van der Waals surface area contributed by atoms with Crippen LogP contribution in [-0.2, 0) is 4.74 Å². The summed E-state index contributed by atoms with van der Waals surface area (Å²) >= 11 is 2.93. The zero-order valence-corrected chi connectivity index (χ0v) is 8.72. The van der Waals surface area contributed by atoms with Crippen molar-refractivity contribution in [1.82, 2.24) is 4.98 Å². The number of hydrogen-bond donors (Lipinski definition) is 0. The Morgan fingerprint density at radius 1 is 1.57 bits per heavy atom. The summed E-state index contributed by atoms with van der Waals surface area (Å²) in [7, 11) is 1.18. The van der Waals surface area contributed by atoms with Crippen molar-refractivity contribution in [2.75, 3.05) is 7.11 Å². The van der Waals surface area contributed by atoms with E-state index in [-0.39, 0.29) is 10.2 Å². The number of esters is 1. The van der Waals surface area contributed by atoms with Gasteiger partial charge in [-0.15, -0.1) is 0 Å². The Morgan fingerprint density at radius 3 is 2.71 bits per heavy atom. The van der Waals surface area contributed by atoms with E-state index >= 15 is 0 Å². The number of aromatic nitrogens is 1. The van der Waals surface area contributed by atoms with Crippen LogP contribution in [0.1, 0.15) is 22.5 Å². The number of halogens is 3. The maximum atomic E-state index is 12.3. The summed E-state index contributed by atoms with van der Waals surface area (Å²) in [4.78, 5) is 14.5. The zero-order valence-electron chi connectivity index (χ0n) is 7.13. The molecule has 1 aromatic rings. The summed E-state index contributed by atoms with van der Waals surface area (Å²) in [6.07, 6.45) is -2.71. The molecule has 0 aliphatic carbocycles. The summed E-state index contributed by atoms with van der Waals surface area (Å²) in [6, 6.07) is 2.32. The predicted molar refractivity (Wildman–Crippen MR) is 48.2 cm³/mol. The molecular weight excluding hydrogens is 260 g/mol. The second-order valence-corrected chi connectivity index (χ2v) is 3.21. The molecule has 0 spiro atoms. The van der Waals surface area contributed by atoms with Crippen molar-refractivity contribution >= 4 is 21.9 Å². The summed E-state index contributed by atoms with van der Waals surface area (Å²) in [5.41, 5.74) is -0.413.